The van der Waals surface area contributed by atoms with Gasteiger partial charge in [-0.25, -0.2) is 4.39 Å². The first-order valence-electron chi connectivity index (χ1n) is 3.61. The summed E-state index contributed by atoms with van der Waals surface area (Å²) >= 11 is 3.40. The van der Waals surface area contributed by atoms with E-state index in [2.05, 4.69) is 22.6 Å². The SMILES string of the molecule is O=[N+]([O-])c1cc(F)cc2sc(I)cc12. The molecule has 72 valence electrons. The highest BCUT2D eigenvalue weighted by atomic mass is 127. The van der Waals surface area contributed by atoms with Gasteiger partial charge in [0.05, 0.1) is 19.3 Å². The zero-order valence-electron chi connectivity index (χ0n) is 6.66. The predicted octanol–water partition coefficient (Wildman–Crippen LogP) is 3.55. The lowest BCUT2D eigenvalue weighted by molar-refractivity contribution is -0.383. The summed E-state index contributed by atoms with van der Waals surface area (Å²) in [4.78, 5) is 10.1. The minimum atomic E-state index is -0.567. The monoisotopic (exact) mass is 323 g/mol. The molecule has 1 aromatic heterocycles. The second-order valence-corrected chi connectivity index (χ2v) is 5.62. The van der Waals surface area contributed by atoms with E-state index in [0.717, 1.165) is 8.95 Å². The zero-order chi connectivity index (χ0) is 10.3. The van der Waals surface area contributed by atoms with Crippen LogP contribution in [0, 0.1) is 18.8 Å². The maximum Gasteiger partial charge on any atom is 0.281 e. The van der Waals surface area contributed by atoms with Gasteiger partial charge in [-0.15, -0.1) is 11.3 Å². The van der Waals surface area contributed by atoms with E-state index < -0.39 is 10.7 Å². The molecule has 0 saturated carbocycles. The van der Waals surface area contributed by atoms with Gasteiger partial charge >= 0.3 is 0 Å². The summed E-state index contributed by atoms with van der Waals surface area (Å²) < 4.78 is 14.5. The summed E-state index contributed by atoms with van der Waals surface area (Å²) in [7, 11) is 0. The number of nitrogens with zero attached hydrogens (tertiary/aromatic N) is 1. The fourth-order valence-corrected chi connectivity index (χ4v) is 3.06. The van der Waals surface area contributed by atoms with Crippen molar-refractivity contribution in [3.63, 3.8) is 0 Å². The van der Waals surface area contributed by atoms with Crippen LogP contribution in [-0.4, -0.2) is 4.92 Å². The third-order valence-electron chi connectivity index (χ3n) is 1.75. The molecule has 6 heteroatoms. The molecule has 2 rings (SSSR count). The summed E-state index contributed by atoms with van der Waals surface area (Å²) in [5, 5.41) is 11.1. The van der Waals surface area contributed by atoms with Crippen LogP contribution in [0.1, 0.15) is 0 Å². The van der Waals surface area contributed by atoms with Crippen LogP contribution in [0.25, 0.3) is 10.1 Å². The Morgan fingerprint density at radius 1 is 1.43 bits per heavy atom. The van der Waals surface area contributed by atoms with E-state index in [9.17, 15) is 14.5 Å². The topological polar surface area (TPSA) is 43.1 Å². The number of hydrogen-bond donors (Lipinski definition) is 0. The largest absolute Gasteiger partial charge is 0.281 e. The van der Waals surface area contributed by atoms with Gasteiger partial charge in [0, 0.05) is 4.70 Å². The third kappa shape index (κ3) is 1.59. The normalized spacial score (nSPS) is 10.7. The van der Waals surface area contributed by atoms with Gasteiger partial charge in [0.1, 0.15) is 5.82 Å². The average Bonchev–Trinajstić information content (AvgIpc) is 2.42. The maximum absolute atomic E-state index is 13.0. The molecule has 0 amide bonds. The van der Waals surface area contributed by atoms with Crippen LogP contribution in [0.2, 0.25) is 0 Å². The number of non-ortho nitro benzene ring substituents is 1. The average molecular weight is 323 g/mol. The van der Waals surface area contributed by atoms with Crippen molar-refractivity contribution in [2.45, 2.75) is 0 Å². The van der Waals surface area contributed by atoms with E-state index >= 15 is 0 Å². The molecule has 0 radical (unpaired) electrons. The first-order valence-corrected chi connectivity index (χ1v) is 5.50. The summed E-state index contributed by atoms with van der Waals surface area (Å²) in [6.07, 6.45) is 0. The summed E-state index contributed by atoms with van der Waals surface area (Å²) in [6, 6.07) is 3.96. The number of thiophene rings is 1. The van der Waals surface area contributed by atoms with E-state index in [1.807, 2.05) is 0 Å². The summed E-state index contributed by atoms with van der Waals surface area (Å²) in [6.45, 7) is 0. The molecule has 3 nitrogen and oxygen atoms in total. The quantitative estimate of drug-likeness (QED) is 0.458. The van der Waals surface area contributed by atoms with Gasteiger partial charge in [0.15, 0.2) is 0 Å². The van der Waals surface area contributed by atoms with Gasteiger partial charge in [-0.3, -0.25) is 10.1 Å². The molecule has 0 fully saturated rings. The third-order valence-corrected chi connectivity index (χ3v) is 3.59. The number of rotatable bonds is 1. The van der Waals surface area contributed by atoms with E-state index in [1.165, 1.54) is 17.4 Å². The van der Waals surface area contributed by atoms with Crippen molar-refractivity contribution >= 4 is 49.7 Å². The fraction of sp³-hybridized carbons (Fsp3) is 0. The highest BCUT2D eigenvalue weighted by Gasteiger charge is 2.15. The molecule has 0 aliphatic heterocycles. The zero-order valence-corrected chi connectivity index (χ0v) is 9.63. The van der Waals surface area contributed by atoms with Crippen LogP contribution in [0.4, 0.5) is 10.1 Å². The highest BCUT2D eigenvalue weighted by Crippen LogP contribution is 2.34. The lowest BCUT2D eigenvalue weighted by atomic mass is 10.2. The number of fused-ring (bicyclic) bond motifs is 1. The van der Waals surface area contributed by atoms with Crippen molar-refractivity contribution in [3.05, 3.63) is 37.0 Å². The first kappa shape index (κ1) is 9.78. The Labute approximate surface area is 95.8 Å². The van der Waals surface area contributed by atoms with Gasteiger partial charge < -0.3 is 0 Å². The molecule has 0 spiro atoms. The second kappa shape index (κ2) is 3.43. The smallest absolute Gasteiger partial charge is 0.258 e. The van der Waals surface area contributed by atoms with Gasteiger partial charge in [-0.2, -0.15) is 0 Å². The van der Waals surface area contributed by atoms with Crippen molar-refractivity contribution in [3.8, 4) is 0 Å². The van der Waals surface area contributed by atoms with E-state index in [1.54, 1.807) is 6.07 Å². The van der Waals surface area contributed by atoms with Crippen LogP contribution in [0.3, 0.4) is 0 Å². The molecule has 0 saturated heterocycles. The van der Waals surface area contributed by atoms with Crippen LogP contribution < -0.4 is 0 Å². The van der Waals surface area contributed by atoms with Crippen LogP contribution in [0.15, 0.2) is 18.2 Å². The van der Waals surface area contributed by atoms with Crippen molar-refractivity contribution in [1.29, 1.82) is 0 Å². The number of halogens is 2. The Kier molecular flexibility index (Phi) is 2.40. The number of benzene rings is 1. The lowest BCUT2D eigenvalue weighted by Gasteiger charge is -1.93. The van der Waals surface area contributed by atoms with Crippen molar-refractivity contribution in [2.75, 3.05) is 0 Å². The second-order valence-electron chi connectivity index (χ2n) is 2.64. The molecule has 14 heavy (non-hydrogen) atoms. The Morgan fingerprint density at radius 3 is 2.79 bits per heavy atom. The maximum atomic E-state index is 13.0. The van der Waals surface area contributed by atoms with Crippen molar-refractivity contribution in [2.24, 2.45) is 0 Å². The van der Waals surface area contributed by atoms with E-state index in [4.69, 9.17) is 0 Å². The first-order chi connectivity index (χ1) is 6.58. The van der Waals surface area contributed by atoms with Crippen LogP contribution >= 0.6 is 33.9 Å². The Morgan fingerprint density at radius 2 is 2.14 bits per heavy atom. The minimum absolute atomic E-state index is 0.167. The number of hydrogen-bond acceptors (Lipinski definition) is 3. The number of nitro benzene ring substituents is 1. The standard InChI is InChI=1S/C8H3FINO2S/c9-4-1-6(11(12)13)5-3-8(10)14-7(5)2-4/h1-3H. The predicted molar refractivity (Wildman–Crippen MR) is 61.2 cm³/mol. The molecule has 0 unspecified atom stereocenters. The molecule has 1 aromatic carbocycles. The highest BCUT2D eigenvalue weighted by molar-refractivity contribution is 14.1. The van der Waals surface area contributed by atoms with Crippen LogP contribution in [-0.2, 0) is 0 Å². The summed E-state index contributed by atoms with van der Waals surface area (Å²) in [5.41, 5.74) is -0.167. The molecule has 0 atom stereocenters. The Bertz CT molecular complexity index is 525. The summed E-state index contributed by atoms with van der Waals surface area (Å²) in [5.74, 6) is -0.567. The van der Waals surface area contributed by atoms with Crippen molar-refractivity contribution in [1.82, 2.24) is 0 Å². The van der Waals surface area contributed by atoms with Gasteiger partial charge in [0.25, 0.3) is 5.69 Å². The molecule has 0 aliphatic rings. The molecular weight excluding hydrogens is 320 g/mol. The van der Waals surface area contributed by atoms with E-state index in [-0.39, 0.29) is 5.69 Å². The minimum Gasteiger partial charge on any atom is -0.258 e. The molecular formula is C8H3FINO2S. The lowest BCUT2D eigenvalue weighted by Crippen LogP contribution is -1.89. The van der Waals surface area contributed by atoms with E-state index in [0.29, 0.717) is 10.1 Å². The molecule has 0 N–H and O–H groups in total. The Balaban J connectivity index is 2.85. The fourth-order valence-electron chi connectivity index (χ4n) is 1.21. The number of nitro groups is 1. The van der Waals surface area contributed by atoms with Gasteiger partial charge in [-0.05, 0) is 34.7 Å². The molecule has 0 aliphatic carbocycles. The molecule has 0 bridgehead atoms. The van der Waals surface area contributed by atoms with Gasteiger partial charge in [0.2, 0.25) is 0 Å². The Hall–Kier alpha value is -0.760. The van der Waals surface area contributed by atoms with Gasteiger partial charge in [-0.1, -0.05) is 0 Å². The molecule has 1 heterocycles. The van der Waals surface area contributed by atoms with Crippen molar-refractivity contribution < 1.29 is 9.31 Å². The van der Waals surface area contributed by atoms with Crippen LogP contribution in [0.5, 0.6) is 0 Å². The molecule has 2 aromatic rings.